The van der Waals surface area contributed by atoms with Crippen LogP contribution in [0.4, 0.5) is 5.69 Å². The van der Waals surface area contributed by atoms with Gasteiger partial charge in [-0.25, -0.2) is 0 Å². The molecule has 5 nitrogen and oxygen atoms in total. The summed E-state index contributed by atoms with van der Waals surface area (Å²) in [4.78, 5) is 22.3. The van der Waals surface area contributed by atoms with Gasteiger partial charge in [-0.05, 0) is 46.4 Å². The van der Waals surface area contributed by atoms with Crippen LogP contribution < -0.4 is 5.32 Å². The van der Waals surface area contributed by atoms with E-state index in [-0.39, 0.29) is 11.3 Å². The molecule has 1 N–H and O–H groups in total. The number of rotatable bonds is 4. The monoisotopic (exact) mass is 382 g/mol. The molecule has 0 aliphatic carbocycles. The number of hydrogen-bond acceptors (Lipinski definition) is 3. The fourth-order valence-corrected chi connectivity index (χ4v) is 2.36. The number of carbonyl (C=O) groups excluding carboxylic acids is 1. The number of nitro benzene ring substituents is 1. The Kier molecular flexibility index (Phi) is 4.67. The highest BCUT2D eigenvalue weighted by atomic mass is 127. The van der Waals surface area contributed by atoms with Crippen LogP contribution in [0.15, 0.2) is 48.5 Å². The Morgan fingerprint density at radius 2 is 1.95 bits per heavy atom. The van der Waals surface area contributed by atoms with E-state index in [0.29, 0.717) is 6.54 Å². The largest absolute Gasteiger partial charge is 0.348 e. The number of amides is 1. The third-order valence-corrected chi connectivity index (χ3v) is 3.36. The van der Waals surface area contributed by atoms with E-state index in [2.05, 4.69) is 27.9 Å². The van der Waals surface area contributed by atoms with Gasteiger partial charge in [0.15, 0.2) is 0 Å². The first kappa shape index (κ1) is 14.4. The number of nitrogens with zero attached hydrogens (tertiary/aromatic N) is 1. The van der Waals surface area contributed by atoms with Crippen LogP contribution in [0, 0.1) is 13.7 Å². The maximum absolute atomic E-state index is 12.0. The molecular weight excluding hydrogens is 371 g/mol. The lowest BCUT2D eigenvalue weighted by atomic mass is 10.1. The first-order valence-corrected chi connectivity index (χ1v) is 6.92. The molecule has 0 fully saturated rings. The van der Waals surface area contributed by atoms with Gasteiger partial charge in [-0.2, -0.15) is 0 Å². The summed E-state index contributed by atoms with van der Waals surface area (Å²) in [6, 6.07) is 13.6. The molecule has 0 radical (unpaired) electrons. The summed E-state index contributed by atoms with van der Waals surface area (Å²) in [7, 11) is 0. The van der Waals surface area contributed by atoms with Crippen molar-refractivity contribution >= 4 is 34.2 Å². The summed E-state index contributed by atoms with van der Waals surface area (Å²) in [6.07, 6.45) is 0. The lowest BCUT2D eigenvalue weighted by Gasteiger charge is -2.06. The lowest BCUT2D eigenvalue weighted by molar-refractivity contribution is -0.385. The van der Waals surface area contributed by atoms with Gasteiger partial charge in [-0.3, -0.25) is 14.9 Å². The van der Waals surface area contributed by atoms with Crippen molar-refractivity contribution in [2.45, 2.75) is 6.54 Å². The molecule has 0 atom stereocenters. The molecule has 6 heteroatoms. The Morgan fingerprint density at radius 1 is 1.20 bits per heavy atom. The summed E-state index contributed by atoms with van der Waals surface area (Å²) in [5.41, 5.74) is 0.833. The molecule has 0 saturated carbocycles. The third kappa shape index (κ3) is 3.53. The molecule has 0 bridgehead atoms. The highest BCUT2D eigenvalue weighted by molar-refractivity contribution is 14.1. The average Bonchev–Trinajstić information content (AvgIpc) is 2.45. The molecule has 2 aromatic rings. The third-order valence-electron chi connectivity index (χ3n) is 2.69. The number of nitrogens with one attached hydrogen (secondary N) is 1. The number of nitro groups is 1. The van der Waals surface area contributed by atoms with Gasteiger partial charge in [0.2, 0.25) is 0 Å². The van der Waals surface area contributed by atoms with Crippen LogP contribution in [0.1, 0.15) is 15.9 Å². The summed E-state index contributed by atoms with van der Waals surface area (Å²) in [6.45, 7) is 0.335. The van der Waals surface area contributed by atoms with Crippen LogP contribution in [0.2, 0.25) is 0 Å². The van der Waals surface area contributed by atoms with Crippen molar-refractivity contribution in [2.75, 3.05) is 0 Å². The predicted octanol–water partition coefficient (Wildman–Crippen LogP) is 3.13. The average molecular weight is 382 g/mol. The topological polar surface area (TPSA) is 72.2 Å². The van der Waals surface area contributed by atoms with Crippen molar-refractivity contribution in [1.82, 2.24) is 5.32 Å². The normalized spacial score (nSPS) is 10.1. The number of halogens is 1. The van der Waals surface area contributed by atoms with Crippen molar-refractivity contribution in [1.29, 1.82) is 0 Å². The lowest BCUT2D eigenvalue weighted by Crippen LogP contribution is -2.23. The Balaban J connectivity index is 2.11. The molecule has 0 aliphatic rings. The standard InChI is InChI=1S/C14H11IN2O3/c15-11-5-3-4-10(8-11)9-16-14(18)12-6-1-2-7-13(12)17(19)20/h1-8H,9H2,(H,16,18). The maximum atomic E-state index is 12.0. The van der Waals surface area contributed by atoms with Crippen LogP contribution in [-0.4, -0.2) is 10.8 Å². The van der Waals surface area contributed by atoms with Crippen molar-refractivity contribution in [3.05, 3.63) is 73.3 Å². The molecule has 0 spiro atoms. The van der Waals surface area contributed by atoms with Crippen LogP contribution in [-0.2, 0) is 6.54 Å². The van der Waals surface area contributed by atoms with Crippen LogP contribution in [0.3, 0.4) is 0 Å². The summed E-state index contributed by atoms with van der Waals surface area (Å²) >= 11 is 2.19. The second kappa shape index (κ2) is 6.47. The molecule has 2 aromatic carbocycles. The van der Waals surface area contributed by atoms with Gasteiger partial charge in [0.1, 0.15) is 5.56 Å². The number of benzene rings is 2. The molecular formula is C14H11IN2O3. The fourth-order valence-electron chi connectivity index (χ4n) is 1.75. The quantitative estimate of drug-likeness (QED) is 0.502. The van der Waals surface area contributed by atoms with E-state index in [1.54, 1.807) is 6.07 Å². The first-order chi connectivity index (χ1) is 9.58. The van der Waals surface area contributed by atoms with E-state index >= 15 is 0 Å². The zero-order valence-electron chi connectivity index (χ0n) is 10.4. The second-order valence-electron chi connectivity index (χ2n) is 4.09. The van der Waals surface area contributed by atoms with Crippen LogP contribution in [0.25, 0.3) is 0 Å². The van der Waals surface area contributed by atoms with Gasteiger partial charge >= 0.3 is 0 Å². The summed E-state index contributed by atoms with van der Waals surface area (Å²) in [5, 5.41) is 13.6. The molecule has 1 amide bonds. The zero-order chi connectivity index (χ0) is 14.5. The van der Waals surface area contributed by atoms with Gasteiger partial charge in [0.05, 0.1) is 4.92 Å². The number of hydrogen-bond donors (Lipinski definition) is 1. The van der Waals surface area contributed by atoms with Gasteiger partial charge in [0.25, 0.3) is 11.6 Å². The minimum atomic E-state index is -0.555. The van der Waals surface area contributed by atoms with E-state index in [1.807, 2.05) is 24.3 Å². The van der Waals surface area contributed by atoms with Crippen LogP contribution >= 0.6 is 22.6 Å². The fraction of sp³-hybridized carbons (Fsp3) is 0.0714. The van der Waals surface area contributed by atoms with Crippen molar-refractivity contribution in [2.24, 2.45) is 0 Å². The molecule has 20 heavy (non-hydrogen) atoms. The summed E-state index contributed by atoms with van der Waals surface area (Å²) in [5.74, 6) is -0.448. The zero-order valence-corrected chi connectivity index (χ0v) is 12.5. The van der Waals surface area contributed by atoms with Crippen molar-refractivity contribution in [3.8, 4) is 0 Å². The highest BCUT2D eigenvalue weighted by Crippen LogP contribution is 2.17. The SMILES string of the molecule is O=C(NCc1cccc(I)c1)c1ccccc1[N+](=O)[O-]. The second-order valence-corrected chi connectivity index (χ2v) is 5.33. The van der Waals surface area contributed by atoms with Gasteiger partial charge < -0.3 is 5.32 Å². The first-order valence-electron chi connectivity index (χ1n) is 5.84. The van der Waals surface area contributed by atoms with Crippen molar-refractivity contribution in [3.63, 3.8) is 0 Å². The van der Waals surface area contributed by atoms with E-state index in [4.69, 9.17) is 0 Å². The Labute approximate surface area is 129 Å². The predicted molar refractivity (Wildman–Crippen MR) is 83.4 cm³/mol. The van der Waals surface area contributed by atoms with E-state index in [9.17, 15) is 14.9 Å². The van der Waals surface area contributed by atoms with E-state index < -0.39 is 10.8 Å². The van der Waals surface area contributed by atoms with Gasteiger partial charge in [0, 0.05) is 16.2 Å². The molecule has 0 aliphatic heterocycles. The highest BCUT2D eigenvalue weighted by Gasteiger charge is 2.18. The Bertz CT molecular complexity index is 658. The number of carbonyl (C=O) groups is 1. The Hall–Kier alpha value is -1.96. The Morgan fingerprint density at radius 3 is 2.65 bits per heavy atom. The van der Waals surface area contributed by atoms with E-state index in [1.165, 1.54) is 18.2 Å². The molecule has 0 aromatic heterocycles. The molecule has 102 valence electrons. The molecule has 2 rings (SSSR count). The minimum Gasteiger partial charge on any atom is -0.348 e. The molecule has 0 saturated heterocycles. The summed E-state index contributed by atoms with van der Waals surface area (Å²) < 4.78 is 1.07. The van der Waals surface area contributed by atoms with Crippen LogP contribution in [0.5, 0.6) is 0 Å². The van der Waals surface area contributed by atoms with Crippen molar-refractivity contribution < 1.29 is 9.72 Å². The smallest absolute Gasteiger partial charge is 0.282 e. The maximum Gasteiger partial charge on any atom is 0.282 e. The van der Waals surface area contributed by atoms with Gasteiger partial charge in [-0.15, -0.1) is 0 Å². The molecule has 0 unspecified atom stereocenters. The van der Waals surface area contributed by atoms with Gasteiger partial charge in [-0.1, -0.05) is 24.3 Å². The van der Waals surface area contributed by atoms with E-state index in [0.717, 1.165) is 9.13 Å². The molecule has 0 heterocycles. The minimum absolute atomic E-state index is 0.0723. The number of para-hydroxylation sites is 1.